The van der Waals surface area contributed by atoms with Crippen LogP contribution in [0.25, 0.3) is 0 Å². The van der Waals surface area contributed by atoms with Crippen LogP contribution < -0.4 is 15.4 Å². The van der Waals surface area contributed by atoms with Crippen molar-refractivity contribution in [3.63, 3.8) is 0 Å². The molecular weight excluding hydrogens is 403 g/mol. The number of hydrogen-bond donors (Lipinski definition) is 2. The van der Waals surface area contributed by atoms with E-state index in [0.717, 1.165) is 0 Å². The highest BCUT2D eigenvalue weighted by Gasteiger charge is 2.29. The van der Waals surface area contributed by atoms with Crippen molar-refractivity contribution < 1.29 is 27.5 Å². The van der Waals surface area contributed by atoms with Crippen LogP contribution in [0.2, 0.25) is 5.02 Å². The van der Waals surface area contributed by atoms with Gasteiger partial charge in [0, 0.05) is 25.4 Å². The molecule has 2 heterocycles. The SMILES string of the molecule is CCC(=O)Nc1nccc(C(=O)NCc2cnc(OCC(F)(F)F)c(Cl)c2)n1. The van der Waals surface area contributed by atoms with Crippen LogP contribution in [-0.2, 0) is 11.3 Å². The number of amides is 2. The Bertz CT molecular complexity index is 864. The van der Waals surface area contributed by atoms with Crippen LogP contribution in [-0.4, -0.2) is 39.5 Å². The number of ether oxygens (including phenoxy) is 1. The normalized spacial score (nSPS) is 11.0. The first-order valence-electron chi connectivity index (χ1n) is 7.93. The summed E-state index contributed by atoms with van der Waals surface area (Å²) in [6.45, 7) is 0.136. The Morgan fingerprint density at radius 1 is 1.29 bits per heavy atom. The van der Waals surface area contributed by atoms with Crippen molar-refractivity contribution in [2.24, 2.45) is 0 Å². The smallest absolute Gasteiger partial charge is 0.422 e. The molecule has 2 aromatic heterocycles. The minimum atomic E-state index is -4.51. The van der Waals surface area contributed by atoms with Crippen molar-refractivity contribution in [3.8, 4) is 5.88 Å². The predicted molar refractivity (Wildman–Crippen MR) is 92.9 cm³/mol. The van der Waals surface area contributed by atoms with Crippen molar-refractivity contribution in [2.45, 2.75) is 26.1 Å². The van der Waals surface area contributed by atoms with Gasteiger partial charge in [-0.15, -0.1) is 0 Å². The summed E-state index contributed by atoms with van der Waals surface area (Å²) in [4.78, 5) is 35.0. The summed E-state index contributed by atoms with van der Waals surface area (Å²) in [6, 6.07) is 2.68. The van der Waals surface area contributed by atoms with Gasteiger partial charge >= 0.3 is 6.18 Å². The lowest BCUT2D eigenvalue weighted by Gasteiger charge is -2.11. The average molecular weight is 418 g/mol. The summed E-state index contributed by atoms with van der Waals surface area (Å²) in [5, 5.41) is 4.86. The van der Waals surface area contributed by atoms with E-state index in [-0.39, 0.29) is 41.4 Å². The number of aromatic nitrogens is 3. The minimum Gasteiger partial charge on any atom is -0.467 e. The fourth-order valence-electron chi connectivity index (χ4n) is 1.85. The van der Waals surface area contributed by atoms with Crippen LogP contribution in [0.3, 0.4) is 0 Å². The number of nitrogens with zero attached hydrogens (tertiary/aromatic N) is 3. The number of alkyl halides is 3. The zero-order valence-corrected chi connectivity index (χ0v) is 15.3. The van der Waals surface area contributed by atoms with Crippen molar-refractivity contribution >= 4 is 29.4 Å². The number of anilines is 1. The molecule has 8 nitrogen and oxygen atoms in total. The number of carbonyl (C=O) groups is 2. The predicted octanol–water partition coefficient (Wildman–Crippen LogP) is 2.74. The van der Waals surface area contributed by atoms with Crippen molar-refractivity contribution in [1.29, 1.82) is 0 Å². The highest BCUT2D eigenvalue weighted by atomic mass is 35.5. The Labute approximate surface area is 162 Å². The first-order chi connectivity index (χ1) is 13.2. The van der Waals surface area contributed by atoms with E-state index >= 15 is 0 Å². The summed E-state index contributed by atoms with van der Waals surface area (Å²) in [6.07, 6.45) is -1.73. The third kappa shape index (κ3) is 6.65. The van der Waals surface area contributed by atoms with E-state index in [1.165, 1.54) is 24.5 Å². The molecule has 0 saturated heterocycles. The number of rotatable bonds is 7. The molecule has 2 aromatic rings. The van der Waals surface area contributed by atoms with Crippen LogP contribution in [0.4, 0.5) is 19.1 Å². The van der Waals surface area contributed by atoms with Gasteiger partial charge in [-0.1, -0.05) is 18.5 Å². The Morgan fingerprint density at radius 2 is 2.04 bits per heavy atom. The van der Waals surface area contributed by atoms with Gasteiger partial charge in [0.15, 0.2) is 6.61 Å². The molecule has 0 radical (unpaired) electrons. The molecule has 0 fully saturated rings. The lowest BCUT2D eigenvalue weighted by atomic mass is 10.2. The highest BCUT2D eigenvalue weighted by molar-refractivity contribution is 6.31. The maximum atomic E-state index is 12.2. The monoisotopic (exact) mass is 417 g/mol. The maximum Gasteiger partial charge on any atom is 0.422 e. The molecule has 0 unspecified atom stereocenters. The van der Waals surface area contributed by atoms with Crippen LogP contribution in [0.15, 0.2) is 24.5 Å². The third-order valence-corrected chi connectivity index (χ3v) is 3.42. The molecule has 2 amide bonds. The van der Waals surface area contributed by atoms with Crippen molar-refractivity contribution in [2.75, 3.05) is 11.9 Å². The van der Waals surface area contributed by atoms with Crippen LogP contribution in [0, 0.1) is 0 Å². The molecule has 28 heavy (non-hydrogen) atoms. The largest absolute Gasteiger partial charge is 0.467 e. The van der Waals surface area contributed by atoms with Crippen molar-refractivity contribution in [1.82, 2.24) is 20.3 Å². The third-order valence-electron chi connectivity index (χ3n) is 3.15. The van der Waals surface area contributed by atoms with Gasteiger partial charge < -0.3 is 10.1 Å². The molecule has 12 heteroatoms. The summed E-state index contributed by atoms with van der Waals surface area (Å²) in [7, 11) is 0. The zero-order valence-electron chi connectivity index (χ0n) is 14.5. The van der Waals surface area contributed by atoms with Gasteiger partial charge in [-0.25, -0.2) is 15.0 Å². The van der Waals surface area contributed by atoms with E-state index in [4.69, 9.17) is 11.6 Å². The second-order valence-corrected chi connectivity index (χ2v) is 5.79. The number of pyridine rings is 1. The quantitative estimate of drug-likeness (QED) is 0.717. The van der Waals surface area contributed by atoms with Gasteiger partial charge in [-0.3, -0.25) is 14.9 Å². The molecular formula is C16H15ClF3N5O3. The minimum absolute atomic E-state index is 0.00428. The van der Waals surface area contributed by atoms with Crippen LogP contribution in [0.1, 0.15) is 29.4 Å². The standard InChI is InChI=1S/C16H15ClF3N5O3/c1-2-12(26)25-15-21-4-3-11(24-15)13(27)22-6-9-5-10(17)14(23-7-9)28-8-16(18,19)20/h3-5,7H,2,6,8H2,1H3,(H,22,27)(H,21,24,25,26). The molecule has 2 N–H and O–H groups in total. The van der Waals surface area contributed by atoms with Gasteiger partial charge in [0.05, 0.1) is 0 Å². The Hall–Kier alpha value is -2.95. The summed E-state index contributed by atoms with van der Waals surface area (Å²) >= 11 is 5.85. The second kappa shape index (κ2) is 9.31. The molecule has 2 rings (SSSR count). The average Bonchev–Trinajstić information content (AvgIpc) is 2.64. The molecule has 0 aromatic carbocycles. The van der Waals surface area contributed by atoms with E-state index in [2.05, 4.69) is 30.3 Å². The first kappa shape index (κ1) is 21.4. The molecule has 0 atom stereocenters. The van der Waals surface area contributed by atoms with E-state index in [1.54, 1.807) is 6.92 Å². The van der Waals surface area contributed by atoms with E-state index in [9.17, 15) is 22.8 Å². The topological polar surface area (TPSA) is 106 Å². The zero-order chi connectivity index (χ0) is 20.7. The molecule has 0 saturated carbocycles. The maximum absolute atomic E-state index is 12.2. The van der Waals surface area contributed by atoms with E-state index in [0.29, 0.717) is 5.56 Å². The molecule has 0 aliphatic heterocycles. The molecule has 0 aliphatic rings. The summed E-state index contributed by atoms with van der Waals surface area (Å²) in [5.41, 5.74) is 0.455. The van der Waals surface area contributed by atoms with Gasteiger partial charge in [-0.05, 0) is 17.7 Å². The van der Waals surface area contributed by atoms with Crippen LogP contribution in [0.5, 0.6) is 5.88 Å². The number of hydrogen-bond acceptors (Lipinski definition) is 6. The van der Waals surface area contributed by atoms with Gasteiger partial charge in [0.1, 0.15) is 10.7 Å². The number of nitrogens with one attached hydrogen (secondary N) is 2. The van der Waals surface area contributed by atoms with Crippen LogP contribution >= 0.6 is 11.6 Å². The first-order valence-corrected chi connectivity index (χ1v) is 8.31. The summed E-state index contributed by atoms with van der Waals surface area (Å²) < 4.78 is 41.0. The molecule has 0 spiro atoms. The highest BCUT2D eigenvalue weighted by Crippen LogP contribution is 2.24. The summed E-state index contributed by atoms with van der Waals surface area (Å²) in [5.74, 6) is -1.22. The Kier molecular flexibility index (Phi) is 7.10. The Morgan fingerprint density at radius 3 is 2.68 bits per heavy atom. The molecule has 150 valence electrons. The Balaban J connectivity index is 1.96. The van der Waals surface area contributed by atoms with Gasteiger partial charge in [-0.2, -0.15) is 13.2 Å². The molecule has 0 aliphatic carbocycles. The number of halogens is 4. The van der Waals surface area contributed by atoms with E-state index < -0.39 is 18.7 Å². The number of carbonyl (C=O) groups excluding carboxylic acids is 2. The van der Waals surface area contributed by atoms with Gasteiger partial charge in [0.25, 0.3) is 5.91 Å². The fraction of sp³-hybridized carbons (Fsp3) is 0.312. The molecule has 0 bridgehead atoms. The van der Waals surface area contributed by atoms with Gasteiger partial charge in [0.2, 0.25) is 17.7 Å². The lowest BCUT2D eigenvalue weighted by molar-refractivity contribution is -0.154. The second-order valence-electron chi connectivity index (χ2n) is 5.38. The fourth-order valence-corrected chi connectivity index (χ4v) is 2.09. The van der Waals surface area contributed by atoms with E-state index in [1.807, 2.05) is 0 Å². The lowest BCUT2D eigenvalue weighted by Crippen LogP contribution is -2.25. The van der Waals surface area contributed by atoms with Crippen molar-refractivity contribution in [3.05, 3.63) is 40.8 Å².